The van der Waals surface area contributed by atoms with Gasteiger partial charge in [0.2, 0.25) is 5.75 Å². The summed E-state index contributed by atoms with van der Waals surface area (Å²) in [6, 6.07) is 13.6. The number of halogens is 1. The maximum atomic E-state index is 12.4. The number of benzene rings is 3. The van der Waals surface area contributed by atoms with Crippen LogP contribution in [0.5, 0.6) is 28.7 Å². The Morgan fingerprint density at radius 3 is 1.97 bits per heavy atom. The second-order valence-electron chi connectivity index (χ2n) is 7.33. The van der Waals surface area contributed by atoms with Crippen LogP contribution < -0.4 is 18.9 Å². The number of hydrogen-bond acceptors (Lipinski definition) is 7. The third kappa shape index (κ3) is 6.42. The van der Waals surface area contributed by atoms with Crippen molar-refractivity contribution in [1.82, 2.24) is 0 Å². The second-order valence-corrected chi connectivity index (χ2v) is 8.19. The van der Waals surface area contributed by atoms with E-state index in [1.165, 1.54) is 12.1 Å². The summed E-state index contributed by atoms with van der Waals surface area (Å²) in [6.07, 6.45) is 5.50. The lowest BCUT2D eigenvalue weighted by atomic mass is 10.1. The molecule has 0 heterocycles. The van der Waals surface area contributed by atoms with E-state index in [0.717, 1.165) is 15.6 Å². The van der Waals surface area contributed by atoms with Crippen LogP contribution in [0.2, 0.25) is 0 Å². The van der Waals surface area contributed by atoms with Gasteiger partial charge in [-0.15, -0.1) is 0 Å². The van der Waals surface area contributed by atoms with Crippen LogP contribution in [0, 0.1) is 0 Å². The minimum atomic E-state index is -0.106. The van der Waals surface area contributed by atoms with Crippen molar-refractivity contribution < 1.29 is 28.8 Å². The molecule has 0 saturated heterocycles. The maximum absolute atomic E-state index is 12.4. The average molecular weight is 540 g/mol. The monoisotopic (exact) mass is 539 g/mol. The highest BCUT2D eigenvalue weighted by Crippen LogP contribution is 2.39. The number of aromatic hydroxyl groups is 1. The van der Waals surface area contributed by atoms with E-state index in [2.05, 4.69) is 20.9 Å². The van der Waals surface area contributed by atoms with Crippen LogP contribution in [0.3, 0.4) is 0 Å². The summed E-state index contributed by atoms with van der Waals surface area (Å²) in [4.78, 5) is 16.9. The van der Waals surface area contributed by atoms with Gasteiger partial charge in [0.1, 0.15) is 11.4 Å². The van der Waals surface area contributed by atoms with E-state index < -0.39 is 0 Å². The number of ketones is 1. The van der Waals surface area contributed by atoms with Crippen molar-refractivity contribution in [1.29, 1.82) is 0 Å². The van der Waals surface area contributed by atoms with E-state index in [1.54, 1.807) is 46.8 Å². The molecule has 0 amide bonds. The number of ether oxygens (including phenoxy) is 4. The Hall–Kier alpha value is -3.78. The quantitative estimate of drug-likeness (QED) is 0.184. The van der Waals surface area contributed by atoms with Crippen LogP contribution in [0.15, 0.2) is 58.0 Å². The molecule has 1 N–H and O–H groups in total. The van der Waals surface area contributed by atoms with Gasteiger partial charge in [-0.3, -0.25) is 9.79 Å². The van der Waals surface area contributed by atoms with Gasteiger partial charge >= 0.3 is 0 Å². The van der Waals surface area contributed by atoms with E-state index in [0.29, 0.717) is 34.2 Å². The zero-order valence-electron chi connectivity index (χ0n) is 19.9. The third-order valence-corrected chi connectivity index (χ3v) is 5.69. The van der Waals surface area contributed by atoms with Gasteiger partial charge in [-0.05, 0) is 75.6 Å². The molecule has 0 unspecified atom stereocenters. The van der Waals surface area contributed by atoms with Crippen molar-refractivity contribution in [3.05, 3.63) is 69.7 Å². The minimum Gasteiger partial charge on any atom is -0.508 e. The normalized spacial score (nSPS) is 11.1. The maximum Gasteiger partial charge on any atom is 0.203 e. The standard InChI is InChI=1S/C27H26BrNO6/c1-32-24-15-18(16-25(33-2)27(24)35-4)6-5-17-13-21(28)26(34-3)22(14-17)29-12-11-23(31)19-7-9-20(30)10-8-19/h5-10,12-16,30H,11H2,1-4H3/b6-5-,29-12?. The van der Waals surface area contributed by atoms with Gasteiger partial charge in [-0.25, -0.2) is 0 Å². The number of rotatable bonds is 10. The van der Waals surface area contributed by atoms with Crippen molar-refractivity contribution in [3.8, 4) is 28.7 Å². The topological polar surface area (TPSA) is 86.6 Å². The highest BCUT2D eigenvalue weighted by molar-refractivity contribution is 9.10. The fourth-order valence-electron chi connectivity index (χ4n) is 3.38. The number of hydrogen-bond donors (Lipinski definition) is 1. The first kappa shape index (κ1) is 25.8. The van der Waals surface area contributed by atoms with E-state index in [4.69, 9.17) is 18.9 Å². The fraction of sp³-hybridized carbons (Fsp3) is 0.185. The van der Waals surface area contributed by atoms with Crippen LogP contribution in [-0.2, 0) is 0 Å². The molecule has 0 spiro atoms. The SMILES string of the molecule is COc1cc(/C=C\c2cc(Br)c(OC)c(N=CCC(=O)c3ccc(O)cc3)c2)cc(OC)c1OC. The number of carbonyl (C=O) groups is 1. The van der Waals surface area contributed by atoms with Crippen molar-refractivity contribution >= 4 is 45.8 Å². The molecular weight excluding hydrogens is 514 g/mol. The predicted octanol–water partition coefficient (Wildman–Crippen LogP) is 6.33. The molecule has 0 aliphatic rings. The number of methoxy groups -OCH3 is 4. The van der Waals surface area contributed by atoms with E-state index in [1.807, 2.05) is 36.4 Å². The Labute approximate surface area is 212 Å². The number of Topliss-reactive ketones (excluding diaryl/α,β-unsaturated/α-hetero) is 1. The van der Waals surface area contributed by atoms with Crippen molar-refractivity contribution in [3.63, 3.8) is 0 Å². The fourth-order valence-corrected chi connectivity index (χ4v) is 4.00. The summed E-state index contributed by atoms with van der Waals surface area (Å²) in [5, 5.41) is 9.39. The number of nitrogens with zero attached hydrogens (tertiary/aromatic N) is 1. The zero-order valence-corrected chi connectivity index (χ0v) is 21.5. The van der Waals surface area contributed by atoms with Crippen molar-refractivity contribution in [2.45, 2.75) is 6.42 Å². The molecule has 0 aliphatic carbocycles. The molecule has 0 fully saturated rings. The van der Waals surface area contributed by atoms with Gasteiger partial charge in [0.05, 0.1) is 32.9 Å². The van der Waals surface area contributed by atoms with Crippen LogP contribution in [-0.4, -0.2) is 45.5 Å². The Morgan fingerprint density at radius 1 is 0.857 bits per heavy atom. The first-order valence-electron chi connectivity index (χ1n) is 10.6. The molecule has 0 atom stereocenters. The van der Waals surface area contributed by atoms with Gasteiger partial charge in [0, 0.05) is 18.2 Å². The Bertz CT molecular complexity index is 1230. The smallest absolute Gasteiger partial charge is 0.203 e. The van der Waals surface area contributed by atoms with Crippen LogP contribution in [0.1, 0.15) is 27.9 Å². The first-order chi connectivity index (χ1) is 16.9. The Balaban J connectivity index is 1.85. The summed E-state index contributed by atoms with van der Waals surface area (Å²) >= 11 is 3.53. The van der Waals surface area contributed by atoms with Gasteiger partial charge in [0.15, 0.2) is 23.0 Å². The lowest BCUT2D eigenvalue weighted by Crippen LogP contribution is -1.99. The highest BCUT2D eigenvalue weighted by Gasteiger charge is 2.13. The minimum absolute atomic E-state index is 0.106. The molecule has 0 saturated carbocycles. The van der Waals surface area contributed by atoms with Gasteiger partial charge in [-0.2, -0.15) is 0 Å². The first-order valence-corrected chi connectivity index (χ1v) is 11.4. The number of phenolic OH excluding ortho intramolecular Hbond substituents is 1. The highest BCUT2D eigenvalue weighted by atomic mass is 79.9. The molecule has 3 aromatic rings. The Kier molecular flexibility index (Phi) is 8.92. The van der Waals surface area contributed by atoms with E-state index in [9.17, 15) is 9.90 Å². The predicted molar refractivity (Wildman–Crippen MR) is 141 cm³/mol. The molecular formula is C27H26BrNO6. The molecule has 0 bridgehead atoms. The molecule has 182 valence electrons. The zero-order chi connectivity index (χ0) is 25.4. The van der Waals surface area contributed by atoms with E-state index in [-0.39, 0.29) is 18.0 Å². The number of phenols is 1. The third-order valence-electron chi connectivity index (χ3n) is 5.10. The largest absolute Gasteiger partial charge is 0.508 e. The molecule has 8 heteroatoms. The lowest BCUT2D eigenvalue weighted by Gasteiger charge is -2.13. The van der Waals surface area contributed by atoms with Crippen LogP contribution >= 0.6 is 15.9 Å². The van der Waals surface area contributed by atoms with Gasteiger partial charge in [-0.1, -0.05) is 12.2 Å². The average Bonchev–Trinajstić information content (AvgIpc) is 2.86. The van der Waals surface area contributed by atoms with Crippen molar-refractivity contribution in [2.75, 3.05) is 28.4 Å². The van der Waals surface area contributed by atoms with Crippen LogP contribution in [0.25, 0.3) is 12.2 Å². The molecule has 0 radical (unpaired) electrons. The summed E-state index contributed by atoms with van der Waals surface area (Å²) in [5.41, 5.74) is 2.80. The van der Waals surface area contributed by atoms with Gasteiger partial charge in [0.25, 0.3) is 0 Å². The van der Waals surface area contributed by atoms with E-state index >= 15 is 0 Å². The summed E-state index contributed by atoms with van der Waals surface area (Å²) in [7, 11) is 6.27. The molecule has 7 nitrogen and oxygen atoms in total. The molecule has 3 aromatic carbocycles. The summed E-state index contributed by atoms with van der Waals surface area (Å²) in [5.74, 6) is 2.21. The summed E-state index contributed by atoms with van der Waals surface area (Å²) in [6.45, 7) is 0. The number of aliphatic imine (C=N–C) groups is 1. The molecule has 35 heavy (non-hydrogen) atoms. The molecule has 0 aliphatic heterocycles. The molecule has 3 rings (SSSR count). The second kappa shape index (κ2) is 12.1. The van der Waals surface area contributed by atoms with Gasteiger partial charge < -0.3 is 24.1 Å². The molecule has 0 aromatic heterocycles. The van der Waals surface area contributed by atoms with Crippen molar-refractivity contribution in [2.24, 2.45) is 4.99 Å². The lowest BCUT2D eigenvalue weighted by molar-refractivity contribution is 0.100. The summed E-state index contributed by atoms with van der Waals surface area (Å²) < 4.78 is 22.4. The number of carbonyl (C=O) groups excluding carboxylic acids is 1. The van der Waals surface area contributed by atoms with Crippen LogP contribution in [0.4, 0.5) is 5.69 Å². The Morgan fingerprint density at radius 2 is 1.43 bits per heavy atom.